The second kappa shape index (κ2) is 8.39. The van der Waals surface area contributed by atoms with Crippen LogP contribution in [0.1, 0.15) is 12.5 Å². The summed E-state index contributed by atoms with van der Waals surface area (Å²) >= 11 is 0. The van der Waals surface area contributed by atoms with Crippen LogP contribution in [0.25, 0.3) is 16.5 Å². The van der Waals surface area contributed by atoms with Crippen LogP contribution < -0.4 is 4.74 Å². The number of rotatable bonds is 7. The number of carbonyl (C=O) groups is 1. The van der Waals surface area contributed by atoms with Crippen molar-refractivity contribution < 1.29 is 14.3 Å². The van der Waals surface area contributed by atoms with Crippen molar-refractivity contribution in [2.75, 3.05) is 13.2 Å². The van der Waals surface area contributed by atoms with Gasteiger partial charge in [0.15, 0.2) is 0 Å². The maximum atomic E-state index is 11.6. The number of ether oxygens (including phenoxy) is 2. The second-order valence-corrected chi connectivity index (χ2v) is 3.61. The molecule has 0 fully saturated rings. The van der Waals surface area contributed by atoms with Crippen molar-refractivity contribution in [2.45, 2.75) is 6.92 Å². The average molecular weight is 273 g/mol. The molecule has 0 bridgehead atoms. The van der Waals surface area contributed by atoms with Crippen molar-refractivity contribution >= 4 is 12.0 Å². The van der Waals surface area contributed by atoms with E-state index in [1.54, 1.807) is 37.3 Å². The summed E-state index contributed by atoms with van der Waals surface area (Å²) in [5, 5.41) is 3.33. The maximum absolute atomic E-state index is 11.6. The molecule has 0 amide bonds. The molecule has 0 aliphatic heterocycles. The van der Waals surface area contributed by atoms with E-state index in [4.69, 9.17) is 15.0 Å². The largest absolute Gasteiger partial charge is 0.490 e. The third-order valence-electron chi connectivity index (χ3n) is 2.19. The molecule has 104 valence electrons. The summed E-state index contributed by atoms with van der Waals surface area (Å²) in [4.78, 5) is 14.2. The zero-order valence-corrected chi connectivity index (χ0v) is 11.2. The molecule has 0 saturated heterocycles. The Balaban J connectivity index is 2.90. The van der Waals surface area contributed by atoms with Crippen molar-refractivity contribution in [1.29, 1.82) is 0 Å². The van der Waals surface area contributed by atoms with Crippen LogP contribution in [0.4, 0.5) is 0 Å². The van der Waals surface area contributed by atoms with Crippen LogP contribution in [0.2, 0.25) is 0 Å². The monoisotopic (exact) mass is 273 g/mol. The van der Waals surface area contributed by atoms with E-state index in [2.05, 4.69) is 16.6 Å². The molecule has 0 spiro atoms. The Hall–Kier alpha value is -2.72. The van der Waals surface area contributed by atoms with E-state index >= 15 is 0 Å². The summed E-state index contributed by atoms with van der Waals surface area (Å²) in [6.07, 6.45) is 3.10. The van der Waals surface area contributed by atoms with Crippen LogP contribution in [0.15, 0.2) is 47.7 Å². The molecule has 20 heavy (non-hydrogen) atoms. The smallest absolute Gasteiger partial charge is 0.340 e. The molecule has 6 nitrogen and oxygen atoms in total. The lowest BCUT2D eigenvalue weighted by atomic mass is 10.2. The van der Waals surface area contributed by atoms with Gasteiger partial charge in [0.1, 0.15) is 18.1 Å². The van der Waals surface area contributed by atoms with Gasteiger partial charge in [-0.3, -0.25) is 0 Å². The summed E-state index contributed by atoms with van der Waals surface area (Å²) in [5.41, 5.74) is 9.06. The van der Waals surface area contributed by atoms with E-state index in [1.807, 2.05) is 0 Å². The van der Waals surface area contributed by atoms with Crippen LogP contribution in [0.3, 0.4) is 0 Å². The van der Waals surface area contributed by atoms with Crippen molar-refractivity contribution in [3.05, 3.63) is 58.6 Å². The molecule has 0 unspecified atom stereocenters. The lowest BCUT2D eigenvalue weighted by molar-refractivity contribution is -0.138. The quantitative estimate of drug-likeness (QED) is 0.190. The topological polar surface area (TPSA) is 84.3 Å². The number of carbonyl (C=O) groups excluding carboxylic acids is 1. The summed E-state index contributed by atoms with van der Waals surface area (Å²) in [6, 6.07) is 6.97. The zero-order valence-electron chi connectivity index (χ0n) is 11.2. The highest BCUT2D eigenvalue weighted by atomic mass is 16.5. The van der Waals surface area contributed by atoms with Gasteiger partial charge in [0.2, 0.25) is 0 Å². The Labute approximate surface area is 116 Å². The Morgan fingerprint density at radius 1 is 1.45 bits per heavy atom. The fourth-order valence-corrected chi connectivity index (χ4v) is 1.36. The Morgan fingerprint density at radius 3 is 2.70 bits per heavy atom. The molecule has 1 aromatic rings. The van der Waals surface area contributed by atoms with Gasteiger partial charge in [-0.2, -0.15) is 0 Å². The highest BCUT2D eigenvalue weighted by Crippen LogP contribution is 2.15. The number of hydrogen-bond acceptors (Lipinski definition) is 4. The molecule has 0 aliphatic rings. The first-order chi connectivity index (χ1) is 9.71. The van der Waals surface area contributed by atoms with Crippen LogP contribution >= 0.6 is 0 Å². The molecule has 0 aromatic heterocycles. The number of benzene rings is 1. The third kappa shape index (κ3) is 4.88. The fraction of sp³-hybridized carbons (Fsp3) is 0.214. The number of nitrogens with zero attached hydrogens (tertiary/aromatic N) is 3. The van der Waals surface area contributed by atoms with Crippen LogP contribution in [-0.2, 0) is 9.53 Å². The number of azide groups is 1. The van der Waals surface area contributed by atoms with Crippen molar-refractivity contribution in [3.8, 4) is 5.75 Å². The van der Waals surface area contributed by atoms with Gasteiger partial charge in [0.25, 0.3) is 0 Å². The van der Waals surface area contributed by atoms with E-state index in [9.17, 15) is 4.79 Å². The lowest BCUT2D eigenvalue weighted by Crippen LogP contribution is -2.05. The highest BCUT2D eigenvalue weighted by molar-refractivity contribution is 5.93. The van der Waals surface area contributed by atoms with Crippen LogP contribution in [-0.4, -0.2) is 19.2 Å². The van der Waals surface area contributed by atoms with Gasteiger partial charge in [0, 0.05) is 4.91 Å². The summed E-state index contributed by atoms with van der Waals surface area (Å²) in [5.74, 6) is 0.0285. The first-order valence-electron chi connectivity index (χ1n) is 5.99. The number of hydrogen-bond donors (Lipinski definition) is 0. The highest BCUT2D eigenvalue weighted by Gasteiger charge is 2.08. The van der Waals surface area contributed by atoms with Gasteiger partial charge in [-0.05, 0) is 36.2 Å². The van der Waals surface area contributed by atoms with E-state index in [-0.39, 0.29) is 12.3 Å². The second-order valence-electron chi connectivity index (χ2n) is 3.61. The molecule has 0 N–H and O–H groups in total. The molecule has 0 saturated carbocycles. The Kier molecular flexibility index (Phi) is 6.44. The minimum Gasteiger partial charge on any atom is -0.490 e. The molecular weight excluding hydrogens is 258 g/mol. The van der Waals surface area contributed by atoms with E-state index in [0.717, 1.165) is 0 Å². The van der Waals surface area contributed by atoms with Crippen LogP contribution in [0, 0.1) is 0 Å². The molecular formula is C14H15N3O3. The first-order valence-corrected chi connectivity index (χ1v) is 5.99. The Bertz CT molecular complexity index is 543. The molecule has 0 aliphatic carbocycles. The molecule has 1 rings (SSSR count). The van der Waals surface area contributed by atoms with E-state index < -0.39 is 5.97 Å². The molecule has 6 heteroatoms. The summed E-state index contributed by atoms with van der Waals surface area (Å²) in [6.45, 7) is 5.87. The fourth-order valence-electron chi connectivity index (χ4n) is 1.36. The Morgan fingerprint density at radius 2 is 2.15 bits per heavy atom. The minimum absolute atomic E-state index is 0.0888. The lowest BCUT2D eigenvalue weighted by Gasteiger charge is -2.04. The normalized spacial score (nSPS) is 10.3. The maximum Gasteiger partial charge on any atom is 0.340 e. The van der Waals surface area contributed by atoms with Gasteiger partial charge in [-0.25, -0.2) is 4.79 Å². The first kappa shape index (κ1) is 15.3. The van der Waals surface area contributed by atoms with Crippen molar-refractivity contribution in [2.24, 2.45) is 5.11 Å². The number of esters is 1. The average Bonchev–Trinajstić information content (AvgIpc) is 2.46. The third-order valence-corrected chi connectivity index (χ3v) is 2.19. The molecule has 0 heterocycles. The standard InChI is InChI=1S/C14H15N3O3/c1-3-9-20-12-7-5-11(6-8-12)10-13(16-17-15)14(18)19-4-2/h3,5-8,10H,1,4,9H2,2H3/b13-10-. The van der Waals surface area contributed by atoms with Gasteiger partial charge in [0.05, 0.1) is 6.61 Å². The SMILES string of the molecule is C=CCOc1ccc(/C=C(\N=[N+]=[N-])C(=O)OCC)cc1. The molecule has 0 atom stereocenters. The predicted octanol–water partition coefficient (Wildman–Crippen LogP) is 3.47. The van der Waals surface area contributed by atoms with E-state index in [1.165, 1.54) is 6.08 Å². The van der Waals surface area contributed by atoms with Crippen molar-refractivity contribution in [1.82, 2.24) is 0 Å². The molecule has 0 radical (unpaired) electrons. The van der Waals surface area contributed by atoms with Gasteiger partial charge in [-0.1, -0.05) is 29.9 Å². The minimum atomic E-state index is -0.655. The van der Waals surface area contributed by atoms with Gasteiger partial charge in [-0.15, -0.1) is 0 Å². The van der Waals surface area contributed by atoms with E-state index in [0.29, 0.717) is 17.9 Å². The predicted molar refractivity (Wildman–Crippen MR) is 75.9 cm³/mol. The molecule has 1 aromatic carbocycles. The van der Waals surface area contributed by atoms with Gasteiger partial charge < -0.3 is 9.47 Å². The van der Waals surface area contributed by atoms with Gasteiger partial charge >= 0.3 is 5.97 Å². The van der Waals surface area contributed by atoms with Crippen molar-refractivity contribution in [3.63, 3.8) is 0 Å². The summed E-state index contributed by atoms with van der Waals surface area (Å²) < 4.78 is 10.1. The zero-order chi connectivity index (χ0) is 14.8. The summed E-state index contributed by atoms with van der Waals surface area (Å²) in [7, 11) is 0. The van der Waals surface area contributed by atoms with Crippen LogP contribution in [0.5, 0.6) is 5.75 Å².